The predicted octanol–water partition coefficient (Wildman–Crippen LogP) is 3.90. The van der Waals surface area contributed by atoms with Gasteiger partial charge in [-0.3, -0.25) is 4.90 Å². The highest BCUT2D eigenvalue weighted by Gasteiger charge is 2.39. The van der Waals surface area contributed by atoms with Gasteiger partial charge >= 0.3 is 6.18 Å². The Morgan fingerprint density at radius 2 is 1.87 bits per heavy atom. The molecule has 0 saturated heterocycles. The molecule has 0 radical (unpaired) electrons. The molecule has 2 aliphatic rings. The smallest absolute Gasteiger partial charge is 0.327 e. The van der Waals surface area contributed by atoms with Gasteiger partial charge in [0.2, 0.25) is 0 Å². The fourth-order valence-electron chi connectivity index (χ4n) is 3.86. The van der Waals surface area contributed by atoms with E-state index in [2.05, 4.69) is 21.9 Å². The number of hydrogen-bond donors (Lipinski definition) is 1. The molecule has 2 aromatic rings. The maximum absolute atomic E-state index is 12.7. The summed E-state index contributed by atoms with van der Waals surface area (Å²) in [6.07, 6.45) is -1.45. The molecule has 1 aliphatic heterocycles. The van der Waals surface area contributed by atoms with Crippen molar-refractivity contribution in [2.24, 2.45) is 11.7 Å². The van der Waals surface area contributed by atoms with Crippen molar-refractivity contribution in [2.75, 3.05) is 6.54 Å². The molecule has 5 nitrogen and oxygen atoms in total. The Kier molecular flexibility index (Phi) is 6.76. The Balaban J connectivity index is 0.000000239. The van der Waals surface area contributed by atoms with Gasteiger partial charge in [0.05, 0.1) is 13.1 Å². The number of alkyl halides is 3. The molecule has 10 heteroatoms. The second-order valence-electron chi connectivity index (χ2n) is 8.04. The zero-order valence-corrected chi connectivity index (χ0v) is 17.0. The van der Waals surface area contributed by atoms with E-state index in [1.165, 1.54) is 11.6 Å². The largest absolute Gasteiger partial charge is 0.453 e. The van der Waals surface area contributed by atoms with E-state index in [-0.39, 0.29) is 11.9 Å². The van der Waals surface area contributed by atoms with Crippen molar-refractivity contribution in [3.05, 3.63) is 47.0 Å². The summed E-state index contributed by atoms with van der Waals surface area (Å²) in [6, 6.07) is 3.90. The van der Waals surface area contributed by atoms with Crippen LogP contribution in [0, 0.1) is 24.5 Å². The minimum absolute atomic E-state index is 0.175. The van der Waals surface area contributed by atoms with Crippen LogP contribution in [0.4, 0.5) is 22.0 Å². The van der Waals surface area contributed by atoms with Gasteiger partial charge < -0.3 is 5.73 Å². The molecule has 0 bridgehead atoms. The number of benzene rings is 1. The van der Waals surface area contributed by atoms with Crippen molar-refractivity contribution < 1.29 is 22.0 Å². The lowest BCUT2D eigenvalue weighted by molar-refractivity contribution is -0.145. The average molecular weight is 431 g/mol. The summed E-state index contributed by atoms with van der Waals surface area (Å²) in [4.78, 5) is 5.86. The van der Waals surface area contributed by atoms with Gasteiger partial charge in [0.1, 0.15) is 17.5 Å². The Morgan fingerprint density at radius 1 is 1.13 bits per heavy atom. The average Bonchev–Trinajstić information content (AvgIpc) is 3.11. The van der Waals surface area contributed by atoms with E-state index in [0.29, 0.717) is 43.0 Å². The summed E-state index contributed by atoms with van der Waals surface area (Å²) < 4.78 is 63.8. The summed E-state index contributed by atoms with van der Waals surface area (Å²) >= 11 is 0. The predicted molar refractivity (Wildman–Crippen MR) is 101 cm³/mol. The first-order valence-electron chi connectivity index (χ1n) is 9.96. The summed E-state index contributed by atoms with van der Waals surface area (Å²) in [5.74, 6) is -0.870. The Hall–Kier alpha value is -2.07. The van der Waals surface area contributed by atoms with Crippen LogP contribution < -0.4 is 5.73 Å². The van der Waals surface area contributed by atoms with Crippen molar-refractivity contribution in [1.29, 1.82) is 0 Å². The first-order chi connectivity index (χ1) is 14.0. The number of halogens is 5. The van der Waals surface area contributed by atoms with Crippen LogP contribution in [0.2, 0.25) is 0 Å². The lowest BCUT2D eigenvalue weighted by Crippen LogP contribution is -2.48. The summed E-state index contributed by atoms with van der Waals surface area (Å²) in [5.41, 5.74) is 6.47. The van der Waals surface area contributed by atoms with Crippen LogP contribution in [0.3, 0.4) is 0 Å². The van der Waals surface area contributed by atoms with E-state index in [1.807, 2.05) is 0 Å². The number of fused-ring (bicyclic) bond motifs is 1. The van der Waals surface area contributed by atoms with Crippen molar-refractivity contribution in [3.8, 4) is 0 Å². The number of hydrogen-bond acceptors (Lipinski definition) is 4. The molecule has 1 fully saturated rings. The molecule has 0 spiro atoms. The van der Waals surface area contributed by atoms with Crippen LogP contribution in [0.1, 0.15) is 43.4 Å². The van der Waals surface area contributed by atoms with Crippen LogP contribution in [0.5, 0.6) is 0 Å². The molecule has 1 aliphatic carbocycles. The highest BCUT2D eigenvalue weighted by Crippen LogP contribution is 2.30. The Morgan fingerprint density at radius 3 is 2.47 bits per heavy atom. The fourth-order valence-corrected chi connectivity index (χ4v) is 3.86. The van der Waals surface area contributed by atoms with E-state index in [0.717, 1.165) is 37.5 Å². The maximum atomic E-state index is 12.7. The van der Waals surface area contributed by atoms with Gasteiger partial charge in [0.15, 0.2) is 0 Å². The molecule has 0 amide bonds. The third-order valence-corrected chi connectivity index (χ3v) is 5.81. The lowest BCUT2D eigenvalue weighted by atomic mass is 9.82. The number of rotatable bonds is 1. The molecule has 1 aromatic heterocycles. The number of nitrogens with zero attached hydrogens (tertiary/aromatic N) is 4. The molecule has 1 saturated carbocycles. The Labute approximate surface area is 172 Å². The second-order valence-corrected chi connectivity index (χ2v) is 8.04. The van der Waals surface area contributed by atoms with Crippen LogP contribution in [0.25, 0.3) is 0 Å². The van der Waals surface area contributed by atoms with Gasteiger partial charge in [0.25, 0.3) is 5.82 Å². The molecule has 30 heavy (non-hydrogen) atoms. The van der Waals surface area contributed by atoms with E-state index in [1.54, 1.807) is 0 Å². The van der Waals surface area contributed by atoms with Crippen molar-refractivity contribution in [2.45, 2.75) is 64.5 Å². The van der Waals surface area contributed by atoms with Crippen molar-refractivity contribution >= 4 is 0 Å². The first-order valence-corrected chi connectivity index (χ1v) is 9.96. The standard InChI is InChI=1S/C13H20F3N5.C7H6F2/c1-8-2-3-9(6-10(8)17)20-4-5-21-11(7-20)18-12(19-21)13(14,15)16;1-5-4-6(8)2-3-7(5)9/h8-10H,2-7,17H2,1H3;2-4H,1H3/t8?,9-,10?;/m0./s1. The molecule has 2 N–H and O–H groups in total. The van der Waals surface area contributed by atoms with Gasteiger partial charge in [-0.25, -0.2) is 18.4 Å². The summed E-state index contributed by atoms with van der Waals surface area (Å²) in [6.45, 7) is 5.27. The van der Waals surface area contributed by atoms with Crippen molar-refractivity contribution in [1.82, 2.24) is 19.7 Å². The SMILES string of the molecule is CC1CC[C@H](N2CCn3nc(C(F)(F)F)nc3C2)CC1N.Cc1cc(F)ccc1F. The summed E-state index contributed by atoms with van der Waals surface area (Å²) in [7, 11) is 0. The van der Waals surface area contributed by atoms with Crippen LogP contribution >= 0.6 is 0 Å². The quantitative estimate of drug-likeness (QED) is 0.696. The molecule has 4 rings (SSSR count). The number of aromatic nitrogens is 3. The first kappa shape index (κ1) is 22.6. The van der Waals surface area contributed by atoms with Gasteiger partial charge in [-0.2, -0.15) is 13.2 Å². The van der Waals surface area contributed by atoms with E-state index in [4.69, 9.17) is 5.73 Å². The van der Waals surface area contributed by atoms with E-state index in [9.17, 15) is 22.0 Å². The monoisotopic (exact) mass is 431 g/mol. The third kappa shape index (κ3) is 5.34. The van der Waals surface area contributed by atoms with Crippen LogP contribution in [-0.4, -0.2) is 38.3 Å². The molecule has 2 heterocycles. The topological polar surface area (TPSA) is 60.0 Å². The molecule has 1 aromatic carbocycles. The molecular formula is C20H26F5N5. The van der Waals surface area contributed by atoms with Crippen LogP contribution in [0.15, 0.2) is 18.2 Å². The van der Waals surface area contributed by atoms with E-state index < -0.39 is 17.8 Å². The minimum atomic E-state index is -4.47. The third-order valence-electron chi connectivity index (χ3n) is 5.81. The molecule has 3 atom stereocenters. The minimum Gasteiger partial charge on any atom is -0.327 e. The highest BCUT2D eigenvalue weighted by molar-refractivity contribution is 5.16. The van der Waals surface area contributed by atoms with Gasteiger partial charge in [-0.1, -0.05) is 6.92 Å². The van der Waals surface area contributed by atoms with E-state index >= 15 is 0 Å². The van der Waals surface area contributed by atoms with Gasteiger partial charge in [-0.05, 0) is 55.9 Å². The van der Waals surface area contributed by atoms with Crippen molar-refractivity contribution in [3.63, 3.8) is 0 Å². The second kappa shape index (κ2) is 8.97. The number of nitrogens with two attached hydrogens (primary N) is 1. The van der Waals surface area contributed by atoms with Gasteiger partial charge in [0, 0.05) is 18.6 Å². The maximum Gasteiger partial charge on any atom is 0.453 e. The fraction of sp³-hybridized carbons (Fsp3) is 0.600. The molecule has 2 unspecified atom stereocenters. The zero-order valence-electron chi connectivity index (χ0n) is 17.0. The van der Waals surface area contributed by atoms with Gasteiger partial charge in [-0.15, -0.1) is 5.10 Å². The molecule has 166 valence electrons. The number of aryl methyl sites for hydroxylation is 1. The zero-order chi connectivity index (χ0) is 22.1. The molecular weight excluding hydrogens is 405 g/mol. The normalized spacial score (nSPS) is 24.7. The van der Waals surface area contributed by atoms with Crippen LogP contribution in [-0.2, 0) is 19.3 Å². The Bertz CT molecular complexity index is 866. The lowest BCUT2D eigenvalue weighted by Gasteiger charge is -2.40. The summed E-state index contributed by atoms with van der Waals surface area (Å²) in [5, 5.41) is 3.56. The highest BCUT2D eigenvalue weighted by atomic mass is 19.4.